The summed E-state index contributed by atoms with van der Waals surface area (Å²) in [4.78, 5) is 0. The monoisotopic (exact) mass is 486 g/mol. The van der Waals surface area contributed by atoms with Gasteiger partial charge in [-0.05, 0) is 53.5 Å². The lowest BCUT2D eigenvalue weighted by atomic mass is 9.78. The molecule has 1 fully saturated rings. The third kappa shape index (κ3) is 7.41. The van der Waals surface area contributed by atoms with Crippen molar-refractivity contribution in [3.05, 3.63) is 54.1 Å². The summed E-state index contributed by atoms with van der Waals surface area (Å²) in [6.07, 6.45) is -3.65. The molecule has 0 N–H and O–H groups in total. The fourth-order valence-corrected chi connectivity index (χ4v) is 4.65. The maximum atomic E-state index is 13.4. The minimum Gasteiger partial charge on any atom is -0.430 e. The quantitative estimate of drug-likeness (QED) is 0.304. The summed E-state index contributed by atoms with van der Waals surface area (Å²) in [5.41, 5.74) is 2.77. The molecule has 1 atom stereocenters. The number of ether oxygens (including phenoxy) is 1. The minimum absolute atomic E-state index is 0.540. The van der Waals surface area contributed by atoms with Crippen molar-refractivity contribution >= 4 is 0 Å². The van der Waals surface area contributed by atoms with E-state index >= 15 is 0 Å². The number of aryl methyl sites for hydroxylation is 1. The first-order chi connectivity index (χ1) is 16.1. The lowest BCUT2D eigenvalue weighted by Gasteiger charge is -2.28. The standard InChI is InChI=1S/C27H32F6O/c1-2-3-4-19-5-7-20(8-6-19)9-10-21-11-13-22(14-12-21)23-15-17-24(18-16-23)34-27(32,33)25(28)26(29,30)31/h11-20,25H,2-10H2,1H3. The molecule has 0 heterocycles. The van der Waals surface area contributed by atoms with E-state index in [1.807, 2.05) is 24.3 Å². The largest absolute Gasteiger partial charge is 0.439 e. The van der Waals surface area contributed by atoms with Crippen LogP contribution >= 0.6 is 0 Å². The zero-order valence-corrected chi connectivity index (χ0v) is 19.4. The summed E-state index contributed by atoms with van der Waals surface area (Å²) in [5, 5.41) is 0. The molecule has 0 bridgehead atoms. The molecule has 1 saturated carbocycles. The van der Waals surface area contributed by atoms with Gasteiger partial charge >= 0.3 is 12.3 Å². The molecule has 0 aromatic heterocycles. The van der Waals surface area contributed by atoms with Crippen molar-refractivity contribution in [1.29, 1.82) is 0 Å². The number of halogens is 6. The highest BCUT2D eigenvalue weighted by Crippen LogP contribution is 2.37. The highest BCUT2D eigenvalue weighted by Gasteiger charge is 2.59. The van der Waals surface area contributed by atoms with Gasteiger partial charge < -0.3 is 4.74 Å². The summed E-state index contributed by atoms with van der Waals surface area (Å²) < 4.78 is 80.6. The van der Waals surface area contributed by atoms with Crippen LogP contribution in [0.4, 0.5) is 26.3 Å². The van der Waals surface area contributed by atoms with Crippen molar-refractivity contribution in [3.63, 3.8) is 0 Å². The first-order valence-corrected chi connectivity index (χ1v) is 12.1. The fraction of sp³-hybridized carbons (Fsp3) is 0.556. The predicted molar refractivity (Wildman–Crippen MR) is 122 cm³/mol. The average Bonchev–Trinajstić information content (AvgIpc) is 2.81. The topological polar surface area (TPSA) is 9.23 Å². The number of alkyl halides is 6. The first kappa shape index (κ1) is 26.4. The number of rotatable bonds is 10. The highest BCUT2D eigenvalue weighted by molar-refractivity contribution is 5.64. The van der Waals surface area contributed by atoms with Crippen LogP contribution in [0.2, 0.25) is 0 Å². The van der Waals surface area contributed by atoms with E-state index < -0.39 is 24.2 Å². The Morgan fingerprint density at radius 1 is 0.794 bits per heavy atom. The molecule has 0 spiro atoms. The summed E-state index contributed by atoms with van der Waals surface area (Å²) >= 11 is 0. The van der Waals surface area contributed by atoms with Crippen LogP contribution in [0.15, 0.2) is 48.5 Å². The van der Waals surface area contributed by atoms with E-state index in [0.29, 0.717) is 5.56 Å². The Morgan fingerprint density at radius 2 is 1.29 bits per heavy atom. The van der Waals surface area contributed by atoms with Crippen LogP contribution in [0.25, 0.3) is 11.1 Å². The van der Waals surface area contributed by atoms with Gasteiger partial charge in [-0.2, -0.15) is 22.0 Å². The molecule has 0 saturated heterocycles. The van der Waals surface area contributed by atoms with Crippen molar-refractivity contribution in [2.24, 2.45) is 11.8 Å². The van der Waals surface area contributed by atoms with E-state index in [2.05, 4.69) is 11.7 Å². The van der Waals surface area contributed by atoms with E-state index in [-0.39, 0.29) is 0 Å². The summed E-state index contributed by atoms with van der Waals surface area (Å²) in [6, 6.07) is 13.1. The molecular formula is C27H32F6O. The van der Waals surface area contributed by atoms with Crippen LogP contribution in [0.1, 0.15) is 63.9 Å². The van der Waals surface area contributed by atoms with Gasteiger partial charge in [0, 0.05) is 0 Å². The van der Waals surface area contributed by atoms with Gasteiger partial charge in [-0.1, -0.05) is 88.3 Å². The van der Waals surface area contributed by atoms with Crippen LogP contribution in [0, 0.1) is 11.8 Å². The Balaban J connectivity index is 1.50. The normalized spacial score (nSPS) is 20.2. The lowest BCUT2D eigenvalue weighted by molar-refractivity contribution is -0.304. The van der Waals surface area contributed by atoms with E-state index in [9.17, 15) is 26.3 Å². The second-order valence-electron chi connectivity index (χ2n) is 9.36. The van der Waals surface area contributed by atoms with E-state index in [1.165, 1.54) is 69.1 Å². The SMILES string of the molecule is CCCCC1CCC(CCc2ccc(-c3ccc(OC(F)(F)C(F)C(F)(F)F)cc3)cc2)CC1. The molecule has 34 heavy (non-hydrogen) atoms. The number of hydrogen-bond donors (Lipinski definition) is 0. The zero-order chi connectivity index (χ0) is 24.8. The average molecular weight is 487 g/mol. The van der Waals surface area contributed by atoms with E-state index in [4.69, 9.17) is 0 Å². The number of unbranched alkanes of at least 4 members (excludes halogenated alkanes) is 1. The van der Waals surface area contributed by atoms with Crippen LogP contribution in [-0.2, 0) is 6.42 Å². The maximum Gasteiger partial charge on any atom is 0.439 e. The third-order valence-corrected chi connectivity index (χ3v) is 6.75. The van der Waals surface area contributed by atoms with Crippen molar-refractivity contribution < 1.29 is 31.1 Å². The maximum absolute atomic E-state index is 13.4. The molecule has 0 aliphatic heterocycles. The van der Waals surface area contributed by atoms with Gasteiger partial charge in [-0.15, -0.1) is 0 Å². The van der Waals surface area contributed by atoms with Gasteiger partial charge in [0.25, 0.3) is 6.17 Å². The van der Waals surface area contributed by atoms with Gasteiger partial charge in [0.15, 0.2) is 0 Å². The molecular weight excluding hydrogens is 454 g/mol. The highest BCUT2D eigenvalue weighted by atomic mass is 19.4. The molecule has 1 aliphatic rings. The molecule has 2 aromatic rings. The van der Waals surface area contributed by atoms with E-state index in [1.54, 1.807) is 0 Å². The Labute approximate surface area is 197 Å². The fourth-order valence-electron chi connectivity index (χ4n) is 4.65. The van der Waals surface area contributed by atoms with Gasteiger partial charge in [0.05, 0.1) is 0 Å². The Hall–Kier alpha value is -2.18. The summed E-state index contributed by atoms with van der Waals surface area (Å²) in [7, 11) is 0. The van der Waals surface area contributed by atoms with Crippen LogP contribution in [0.5, 0.6) is 5.75 Å². The molecule has 3 rings (SSSR count). The van der Waals surface area contributed by atoms with Crippen molar-refractivity contribution in [3.8, 4) is 16.9 Å². The molecule has 1 unspecified atom stereocenters. The Morgan fingerprint density at radius 3 is 1.79 bits per heavy atom. The summed E-state index contributed by atoms with van der Waals surface area (Å²) in [6.45, 7) is 2.24. The van der Waals surface area contributed by atoms with Gasteiger partial charge in [0.1, 0.15) is 5.75 Å². The smallest absolute Gasteiger partial charge is 0.430 e. The molecule has 1 nitrogen and oxygen atoms in total. The molecule has 2 aromatic carbocycles. The molecule has 0 radical (unpaired) electrons. The van der Waals surface area contributed by atoms with Crippen LogP contribution < -0.4 is 4.74 Å². The van der Waals surface area contributed by atoms with Crippen molar-refractivity contribution in [2.45, 2.75) is 83.2 Å². The first-order valence-electron chi connectivity index (χ1n) is 12.1. The predicted octanol–water partition coefficient (Wildman–Crippen LogP) is 9.15. The van der Waals surface area contributed by atoms with Crippen molar-refractivity contribution in [2.75, 3.05) is 0 Å². The van der Waals surface area contributed by atoms with Gasteiger partial charge in [-0.3, -0.25) is 0 Å². The van der Waals surface area contributed by atoms with Gasteiger partial charge in [0.2, 0.25) is 0 Å². The second-order valence-corrected chi connectivity index (χ2v) is 9.36. The van der Waals surface area contributed by atoms with Crippen LogP contribution in [-0.4, -0.2) is 18.5 Å². The minimum atomic E-state index is -5.71. The van der Waals surface area contributed by atoms with Gasteiger partial charge in [-0.25, -0.2) is 4.39 Å². The third-order valence-electron chi connectivity index (χ3n) is 6.75. The molecule has 1 aliphatic carbocycles. The molecule has 188 valence electrons. The Kier molecular flexibility index (Phi) is 8.94. The number of benzene rings is 2. The second kappa shape index (κ2) is 11.5. The molecule has 0 amide bonds. The number of hydrogen-bond acceptors (Lipinski definition) is 1. The molecule has 7 heteroatoms. The lowest BCUT2D eigenvalue weighted by Crippen LogP contribution is -2.45. The van der Waals surface area contributed by atoms with Crippen molar-refractivity contribution in [1.82, 2.24) is 0 Å². The Bertz CT molecular complexity index is 867. The zero-order valence-electron chi connectivity index (χ0n) is 19.4. The summed E-state index contributed by atoms with van der Waals surface area (Å²) in [5.74, 6) is 1.15. The van der Waals surface area contributed by atoms with E-state index in [0.717, 1.165) is 36.0 Å². The van der Waals surface area contributed by atoms with Crippen LogP contribution in [0.3, 0.4) is 0 Å².